The first-order valence-electron chi connectivity index (χ1n) is 7.17. The van der Waals surface area contributed by atoms with Crippen LogP contribution in [-0.4, -0.2) is 7.05 Å². The molecule has 1 unspecified atom stereocenters. The molecule has 0 bridgehead atoms. The van der Waals surface area contributed by atoms with Gasteiger partial charge in [-0.2, -0.15) is 0 Å². The Morgan fingerprint density at radius 3 is 2.38 bits per heavy atom. The number of halogens is 1. The number of benzene rings is 3. The highest BCUT2D eigenvalue weighted by Gasteiger charge is 2.11. The minimum Gasteiger partial charge on any atom is -0.313 e. The van der Waals surface area contributed by atoms with Crippen LogP contribution in [0.3, 0.4) is 0 Å². The second-order valence-electron chi connectivity index (χ2n) is 5.24. The lowest BCUT2D eigenvalue weighted by molar-refractivity contribution is 0.594. The van der Waals surface area contributed by atoms with Crippen molar-refractivity contribution in [2.75, 3.05) is 7.05 Å². The van der Waals surface area contributed by atoms with Crippen molar-refractivity contribution in [2.24, 2.45) is 0 Å². The van der Waals surface area contributed by atoms with Crippen molar-refractivity contribution in [3.05, 3.63) is 81.4 Å². The van der Waals surface area contributed by atoms with Crippen molar-refractivity contribution in [3.8, 4) is 0 Å². The van der Waals surface area contributed by atoms with E-state index in [0.29, 0.717) is 6.04 Å². The first-order valence-corrected chi connectivity index (χ1v) is 8.25. The average Bonchev–Trinajstić information content (AvgIpc) is 2.54. The minimum absolute atomic E-state index is 0.341. The van der Waals surface area contributed by atoms with Crippen molar-refractivity contribution in [1.82, 2.24) is 5.32 Å². The van der Waals surface area contributed by atoms with Crippen LogP contribution in [0, 0.1) is 3.57 Å². The molecular formula is C19H18IN. The molecule has 1 atom stereocenters. The first-order chi connectivity index (χ1) is 10.3. The van der Waals surface area contributed by atoms with Crippen molar-refractivity contribution < 1.29 is 0 Å². The molecule has 3 aromatic rings. The fraction of sp³-hybridized carbons (Fsp3) is 0.158. The van der Waals surface area contributed by atoms with Crippen molar-refractivity contribution in [3.63, 3.8) is 0 Å². The van der Waals surface area contributed by atoms with E-state index >= 15 is 0 Å². The van der Waals surface area contributed by atoms with Crippen LogP contribution in [0.15, 0.2) is 66.7 Å². The molecule has 1 N–H and O–H groups in total. The molecule has 0 amide bonds. The Kier molecular flexibility index (Phi) is 4.56. The summed E-state index contributed by atoms with van der Waals surface area (Å²) in [6, 6.07) is 24.3. The Hall–Kier alpha value is -1.39. The summed E-state index contributed by atoms with van der Waals surface area (Å²) < 4.78 is 1.27. The van der Waals surface area contributed by atoms with Crippen LogP contribution in [0.5, 0.6) is 0 Å². The molecule has 0 saturated heterocycles. The molecule has 0 spiro atoms. The molecule has 0 aromatic heterocycles. The van der Waals surface area contributed by atoms with Crippen LogP contribution in [0.1, 0.15) is 17.2 Å². The quantitative estimate of drug-likeness (QED) is 0.625. The smallest absolute Gasteiger partial charge is 0.0358 e. The first kappa shape index (κ1) is 14.5. The highest BCUT2D eigenvalue weighted by atomic mass is 127. The Bertz CT molecular complexity index is 729. The summed E-state index contributed by atoms with van der Waals surface area (Å²) in [6.07, 6.45) is 0.998. The summed E-state index contributed by atoms with van der Waals surface area (Å²) in [5, 5.41) is 6.11. The van der Waals surface area contributed by atoms with Gasteiger partial charge in [-0.3, -0.25) is 0 Å². The zero-order chi connectivity index (χ0) is 14.7. The van der Waals surface area contributed by atoms with E-state index in [0.717, 1.165) is 6.42 Å². The van der Waals surface area contributed by atoms with Gasteiger partial charge in [-0.05, 0) is 70.1 Å². The van der Waals surface area contributed by atoms with Gasteiger partial charge in [-0.1, -0.05) is 54.6 Å². The van der Waals surface area contributed by atoms with Gasteiger partial charge in [0, 0.05) is 9.61 Å². The van der Waals surface area contributed by atoms with E-state index in [2.05, 4.69) is 94.6 Å². The molecule has 3 aromatic carbocycles. The molecule has 0 radical (unpaired) electrons. The summed E-state index contributed by atoms with van der Waals surface area (Å²) in [6.45, 7) is 0. The fourth-order valence-corrected chi connectivity index (χ4v) is 3.13. The molecule has 0 saturated carbocycles. The van der Waals surface area contributed by atoms with E-state index in [4.69, 9.17) is 0 Å². The van der Waals surface area contributed by atoms with Gasteiger partial charge >= 0.3 is 0 Å². The highest BCUT2D eigenvalue weighted by Crippen LogP contribution is 2.25. The Morgan fingerprint density at radius 2 is 1.62 bits per heavy atom. The maximum absolute atomic E-state index is 3.45. The van der Waals surface area contributed by atoms with Gasteiger partial charge in [-0.25, -0.2) is 0 Å². The normalized spacial score (nSPS) is 12.5. The zero-order valence-corrected chi connectivity index (χ0v) is 14.2. The Morgan fingerprint density at radius 1 is 0.905 bits per heavy atom. The fourth-order valence-electron chi connectivity index (χ4n) is 2.77. The van der Waals surface area contributed by atoms with Gasteiger partial charge in [0.2, 0.25) is 0 Å². The molecule has 0 fully saturated rings. The molecular weight excluding hydrogens is 369 g/mol. The number of fused-ring (bicyclic) bond motifs is 1. The van der Waals surface area contributed by atoms with Gasteiger partial charge < -0.3 is 5.32 Å². The summed E-state index contributed by atoms with van der Waals surface area (Å²) in [5.74, 6) is 0. The topological polar surface area (TPSA) is 12.0 Å². The van der Waals surface area contributed by atoms with Gasteiger partial charge in [0.1, 0.15) is 0 Å². The standard InChI is InChI=1S/C19H18IN/c1-21-19(15-9-11-17(20)12-10-15)13-16-7-4-6-14-5-2-3-8-18(14)16/h2-12,19,21H,13H2,1H3. The van der Waals surface area contributed by atoms with E-state index in [1.165, 1.54) is 25.5 Å². The molecule has 1 nitrogen and oxygen atoms in total. The molecule has 2 heteroatoms. The van der Waals surface area contributed by atoms with Gasteiger partial charge in [-0.15, -0.1) is 0 Å². The van der Waals surface area contributed by atoms with Crippen LogP contribution in [0.2, 0.25) is 0 Å². The van der Waals surface area contributed by atoms with E-state index in [1.54, 1.807) is 0 Å². The third-order valence-electron chi connectivity index (χ3n) is 3.92. The van der Waals surface area contributed by atoms with Gasteiger partial charge in [0.15, 0.2) is 0 Å². The molecule has 0 aliphatic rings. The van der Waals surface area contributed by atoms with Gasteiger partial charge in [0.05, 0.1) is 0 Å². The van der Waals surface area contributed by atoms with E-state index in [-0.39, 0.29) is 0 Å². The Labute approximate surface area is 139 Å². The number of hydrogen-bond acceptors (Lipinski definition) is 1. The Balaban J connectivity index is 1.94. The van der Waals surface area contributed by atoms with Crippen molar-refractivity contribution in [1.29, 1.82) is 0 Å². The lowest BCUT2D eigenvalue weighted by Crippen LogP contribution is -2.18. The minimum atomic E-state index is 0.341. The van der Waals surface area contributed by atoms with Crippen molar-refractivity contribution in [2.45, 2.75) is 12.5 Å². The number of hydrogen-bond donors (Lipinski definition) is 1. The second-order valence-corrected chi connectivity index (χ2v) is 6.48. The lowest BCUT2D eigenvalue weighted by atomic mass is 9.95. The summed E-state index contributed by atoms with van der Waals surface area (Å²) >= 11 is 2.35. The van der Waals surface area contributed by atoms with Crippen LogP contribution >= 0.6 is 22.6 Å². The molecule has 0 heterocycles. The third kappa shape index (κ3) is 3.27. The highest BCUT2D eigenvalue weighted by molar-refractivity contribution is 14.1. The zero-order valence-electron chi connectivity index (χ0n) is 12.0. The molecule has 0 aliphatic heterocycles. The van der Waals surface area contributed by atoms with Crippen LogP contribution < -0.4 is 5.32 Å². The van der Waals surface area contributed by atoms with Gasteiger partial charge in [0.25, 0.3) is 0 Å². The lowest BCUT2D eigenvalue weighted by Gasteiger charge is -2.18. The number of nitrogens with one attached hydrogen (secondary N) is 1. The summed E-state index contributed by atoms with van der Waals surface area (Å²) in [4.78, 5) is 0. The van der Waals surface area contributed by atoms with Crippen molar-refractivity contribution >= 4 is 33.4 Å². The van der Waals surface area contributed by atoms with Crippen LogP contribution in [0.25, 0.3) is 10.8 Å². The van der Waals surface area contributed by atoms with E-state index < -0.39 is 0 Å². The molecule has 106 valence electrons. The monoisotopic (exact) mass is 387 g/mol. The predicted molar refractivity (Wildman–Crippen MR) is 98.6 cm³/mol. The molecule has 0 aliphatic carbocycles. The summed E-state index contributed by atoms with van der Waals surface area (Å²) in [7, 11) is 2.04. The number of likely N-dealkylation sites (N-methyl/N-ethyl adjacent to an activating group) is 1. The average molecular weight is 387 g/mol. The molecule has 21 heavy (non-hydrogen) atoms. The van der Waals surface area contributed by atoms with Crippen LogP contribution in [0.4, 0.5) is 0 Å². The van der Waals surface area contributed by atoms with Crippen LogP contribution in [-0.2, 0) is 6.42 Å². The predicted octanol–water partition coefficient (Wildman–Crippen LogP) is 4.95. The van der Waals surface area contributed by atoms with E-state index in [9.17, 15) is 0 Å². The maximum atomic E-state index is 3.45. The largest absolute Gasteiger partial charge is 0.313 e. The molecule has 3 rings (SSSR count). The summed E-state index contributed by atoms with van der Waals surface area (Å²) in [5.41, 5.74) is 2.73. The SMILES string of the molecule is CNC(Cc1cccc2ccccc12)c1ccc(I)cc1. The maximum Gasteiger partial charge on any atom is 0.0358 e. The van der Waals surface area contributed by atoms with E-state index in [1.807, 2.05) is 7.05 Å². The number of rotatable bonds is 4. The third-order valence-corrected chi connectivity index (χ3v) is 4.64. The second kappa shape index (κ2) is 6.58.